The average Bonchev–Trinajstić information content (AvgIpc) is 2.66. The van der Waals surface area contributed by atoms with Crippen molar-refractivity contribution in [3.63, 3.8) is 0 Å². The molecule has 2 amide bonds. The van der Waals surface area contributed by atoms with Gasteiger partial charge in [0, 0.05) is 5.92 Å². The molecular weight excluding hydrogens is 274 g/mol. The number of nitrogens with zero attached hydrogens (tertiary/aromatic N) is 1. The predicted octanol–water partition coefficient (Wildman–Crippen LogP) is 2.44. The van der Waals surface area contributed by atoms with E-state index in [4.69, 9.17) is 9.84 Å². The van der Waals surface area contributed by atoms with Crippen LogP contribution in [0.15, 0.2) is 12.7 Å². The molecule has 1 N–H and O–H groups in total. The van der Waals surface area contributed by atoms with Crippen molar-refractivity contribution in [2.24, 2.45) is 11.3 Å². The van der Waals surface area contributed by atoms with Crippen molar-refractivity contribution in [1.29, 1.82) is 0 Å². The minimum absolute atomic E-state index is 0.146. The van der Waals surface area contributed by atoms with E-state index in [1.807, 2.05) is 20.8 Å². The van der Waals surface area contributed by atoms with Crippen LogP contribution in [0.1, 0.15) is 40.5 Å². The van der Waals surface area contributed by atoms with E-state index in [0.717, 1.165) is 0 Å². The van der Waals surface area contributed by atoms with Crippen molar-refractivity contribution >= 4 is 18.0 Å². The van der Waals surface area contributed by atoms with Gasteiger partial charge in [-0.15, -0.1) is 6.58 Å². The molecule has 0 aromatic heterocycles. The minimum atomic E-state index is -1.42. The molecule has 6 heteroatoms. The Morgan fingerprint density at radius 3 is 2.52 bits per heavy atom. The standard InChI is InChI=1S/C15H23NO5/c1-6-7-10-8-11(16(12(10)17)14(19)20)13(18)21-9(2)15(3,4)5/h6,9-11H,1,7-8H2,2-5H3,(H,19,20)/t9?,10-,11+/m1/s1. The molecule has 6 nitrogen and oxygen atoms in total. The lowest BCUT2D eigenvalue weighted by Crippen LogP contribution is -2.45. The van der Waals surface area contributed by atoms with E-state index < -0.39 is 29.9 Å². The average molecular weight is 297 g/mol. The summed E-state index contributed by atoms with van der Waals surface area (Å²) in [7, 11) is 0. The number of carbonyl (C=O) groups excluding carboxylic acids is 2. The molecule has 1 fully saturated rings. The highest BCUT2D eigenvalue weighted by molar-refractivity contribution is 6.00. The van der Waals surface area contributed by atoms with Crippen molar-refractivity contribution < 1.29 is 24.2 Å². The summed E-state index contributed by atoms with van der Waals surface area (Å²) in [5.74, 6) is -1.76. The Kier molecular flexibility index (Phi) is 5.15. The number of hydrogen-bond donors (Lipinski definition) is 1. The number of amides is 2. The molecule has 21 heavy (non-hydrogen) atoms. The van der Waals surface area contributed by atoms with Crippen molar-refractivity contribution in [2.75, 3.05) is 0 Å². The molecule has 0 radical (unpaired) electrons. The Morgan fingerprint density at radius 1 is 1.52 bits per heavy atom. The fourth-order valence-electron chi connectivity index (χ4n) is 2.08. The molecule has 1 heterocycles. The molecule has 1 rings (SSSR count). The van der Waals surface area contributed by atoms with Gasteiger partial charge in [0.05, 0.1) is 0 Å². The van der Waals surface area contributed by atoms with Crippen LogP contribution in [0.2, 0.25) is 0 Å². The Hall–Kier alpha value is -1.85. The molecule has 1 aliphatic heterocycles. The first-order valence-electron chi connectivity index (χ1n) is 6.97. The van der Waals surface area contributed by atoms with E-state index >= 15 is 0 Å². The Bertz CT molecular complexity index is 451. The fraction of sp³-hybridized carbons (Fsp3) is 0.667. The number of carboxylic acid groups (broad SMARTS) is 1. The summed E-state index contributed by atoms with van der Waals surface area (Å²) >= 11 is 0. The maximum absolute atomic E-state index is 12.2. The van der Waals surface area contributed by atoms with E-state index in [1.54, 1.807) is 13.0 Å². The maximum atomic E-state index is 12.2. The summed E-state index contributed by atoms with van der Waals surface area (Å²) in [6.45, 7) is 11.0. The van der Waals surface area contributed by atoms with E-state index in [2.05, 4.69) is 6.58 Å². The quantitative estimate of drug-likeness (QED) is 0.636. The number of ether oxygens (including phenoxy) is 1. The summed E-state index contributed by atoms with van der Waals surface area (Å²) in [6.07, 6.45) is 0.244. The molecule has 0 bridgehead atoms. The van der Waals surface area contributed by atoms with Crippen LogP contribution in [0.3, 0.4) is 0 Å². The molecule has 0 aromatic rings. The summed E-state index contributed by atoms with van der Waals surface area (Å²) in [5.41, 5.74) is -0.257. The summed E-state index contributed by atoms with van der Waals surface area (Å²) < 4.78 is 5.33. The van der Waals surface area contributed by atoms with E-state index in [-0.39, 0.29) is 17.9 Å². The molecular formula is C15H23NO5. The van der Waals surface area contributed by atoms with Gasteiger partial charge in [0.25, 0.3) is 0 Å². The van der Waals surface area contributed by atoms with E-state index in [1.165, 1.54) is 0 Å². The lowest BCUT2D eigenvalue weighted by molar-refractivity contribution is -0.159. The Morgan fingerprint density at radius 2 is 2.10 bits per heavy atom. The zero-order chi connectivity index (χ0) is 16.4. The van der Waals surface area contributed by atoms with Gasteiger partial charge in [-0.25, -0.2) is 14.5 Å². The molecule has 0 aliphatic carbocycles. The third kappa shape index (κ3) is 3.83. The highest BCUT2D eigenvalue weighted by Gasteiger charge is 2.47. The Labute approximate surface area is 124 Å². The molecule has 3 atom stereocenters. The molecule has 0 spiro atoms. The lowest BCUT2D eigenvalue weighted by atomic mass is 9.90. The smallest absolute Gasteiger partial charge is 0.414 e. The normalized spacial score (nSPS) is 23.8. The maximum Gasteiger partial charge on any atom is 0.414 e. The van der Waals surface area contributed by atoms with Crippen LogP contribution in [0, 0.1) is 11.3 Å². The lowest BCUT2D eigenvalue weighted by Gasteiger charge is -2.29. The fourth-order valence-corrected chi connectivity index (χ4v) is 2.08. The second-order valence-corrected chi connectivity index (χ2v) is 6.41. The molecule has 1 aliphatic rings. The molecule has 1 unspecified atom stereocenters. The van der Waals surface area contributed by atoms with Crippen LogP contribution in [-0.2, 0) is 14.3 Å². The van der Waals surface area contributed by atoms with Gasteiger partial charge in [-0.1, -0.05) is 26.8 Å². The van der Waals surface area contributed by atoms with Gasteiger partial charge in [-0.3, -0.25) is 4.79 Å². The van der Waals surface area contributed by atoms with Crippen molar-refractivity contribution in [2.45, 2.75) is 52.7 Å². The number of carbonyl (C=O) groups is 3. The highest BCUT2D eigenvalue weighted by Crippen LogP contribution is 2.30. The largest absolute Gasteiger partial charge is 0.465 e. The SMILES string of the molecule is C=CC[C@@H]1C[C@@H](C(=O)OC(C)C(C)(C)C)N(C(=O)O)C1=O. The third-order valence-electron chi connectivity index (χ3n) is 3.85. The summed E-state index contributed by atoms with van der Waals surface area (Å²) in [5, 5.41) is 9.15. The second-order valence-electron chi connectivity index (χ2n) is 6.41. The first-order valence-corrected chi connectivity index (χ1v) is 6.97. The van der Waals surface area contributed by atoms with Gasteiger partial charge < -0.3 is 9.84 Å². The van der Waals surface area contributed by atoms with Crippen LogP contribution < -0.4 is 0 Å². The second kappa shape index (κ2) is 6.28. The van der Waals surface area contributed by atoms with Crippen LogP contribution in [-0.4, -0.2) is 40.1 Å². The zero-order valence-electron chi connectivity index (χ0n) is 13.0. The summed E-state index contributed by atoms with van der Waals surface area (Å²) in [4.78, 5) is 36.1. The third-order valence-corrected chi connectivity index (χ3v) is 3.85. The van der Waals surface area contributed by atoms with Gasteiger partial charge in [0.2, 0.25) is 5.91 Å². The van der Waals surface area contributed by atoms with Crippen molar-refractivity contribution in [3.05, 3.63) is 12.7 Å². The monoisotopic (exact) mass is 297 g/mol. The van der Waals surface area contributed by atoms with Gasteiger partial charge in [-0.2, -0.15) is 0 Å². The molecule has 1 saturated heterocycles. The Balaban J connectivity index is 2.88. The molecule has 0 saturated carbocycles. The molecule has 118 valence electrons. The van der Waals surface area contributed by atoms with Gasteiger partial charge in [-0.05, 0) is 25.2 Å². The number of likely N-dealkylation sites (tertiary alicyclic amines) is 1. The molecule has 0 aromatic carbocycles. The van der Waals surface area contributed by atoms with Crippen molar-refractivity contribution in [3.8, 4) is 0 Å². The minimum Gasteiger partial charge on any atom is -0.465 e. The van der Waals surface area contributed by atoms with Crippen molar-refractivity contribution in [1.82, 2.24) is 4.90 Å². The number of imide groups is 1. The van der Waals surface area contributed by atoms with Crippen LogP contribution in [0.4, 0.5) is 4.79 Å². The van der Waals surface area contributed by atoms with Crippen LogP contribution >= 0.6 is 0 Å². The number of hydrogen-bond acceptors (Lipinski definition) is 4. The first kappa shape index (κ1) is 17.2. The topological polar surface area (TPSA) is 83.9 Å². The summed E-state index contributed by atoms with van der Waals surface area (Å²) in [6, 6.07) is -1.07. The van der Waals surface area contributed by atoms with Gasteiger partial charge >= 0.3 is 12.1 Å². The number of esters is 1. The van der Waals surface area contributed by atoms with Gasteiger partial charge in [0.15, 0.2) is 0 Å². The predicted molar refractivity (Wildman–Crippen MR) is 76.6 cm³/mol. The van der Waals surface area contributed by atoms with Crippen LogP contribution in [0.25, 0.3) is 0 Å². The van der Waals surface area contributed by atoms with Crippen LogP contribution in [0.5, 0.6) is 0 Å². The van der Waals surface area contributed by atoms with Gasteiger partial charge in [0.1, 0.15) is 12.1 Å². The number of rotatable bonds is 4. The number of allylic oxidation sites excluding steroid dienone is 1. The zero-order valence-corrected chi connectivity index (χ0v) is 13.0. The first-order chi connectivity index (χ1) is 9.59. The van der Waals surface area contributed by atoms with E-state index in [0.29, 0.717) is 11.3 Å². The highest BCUT2D eigenvalue weighted by atomic mass is 16.5. The van der Waals surface area contributed by atoms with E-state index in [9.17, 15) is 14.4 Å².